The third-order valence-corrected chi connectivity index (χ3v) is 7.58. The van der Waals surface area contributed by atoms with Crippen LogP contribution in [-0.2, 0) is 9.59 Å². The van der Waals surface area contributed by atoms with E-state index in [1.54, 1.807) is 12.4 Å². The normalized spacial score (nSPS) is 36.8. The molecule has 1 N–H and O–H groups in total. The maximum Gasteiger partial charge on any atom is 0.242 e. The fourth-order valence-electron chi connectivity index (χ4n) is 6.83. The number of carbonyl (C=O) groups excluding carboxylic acids is 2. The minimum atomic E-state index is -0.176. The van der Waals surface area contributed by atoms with Gasteiger partial charge in [-0.3, -0.25) is 14.6 Å². The molecule has 5 fully saturated rings. The van der Waals surface area contributed by atoms with E-state index >= 15 is 0 Å². The highest BCUT2D eigenvalue weighted by Gasteiger charge is 2.54. The van der Waals surface area contributed by atoms with E-state index < -0.39 is 0 Å². The summed E-state index contributed by atoms with van der Waals surface area (Å²) in [6.07, 6.45) is 12.7. The lowest BCUT2D eigenvalue weighted by Gasteiger charge is -2.55. The second kappa shape index (κ2) is 6.61. The number of likely N-dealkylation sites (tertiary alicyclic amines) is 1. The molecule has 4 saturated carbocycles. The van der Waals surface area contributed by atoms with Gasteiger partial charge in [0.25, 0.3) is 0 Å². The van der Waals surface area contributed by atoms with Crippen molar-refractivity contribution in [3.05, 3.63) is 30.1 Å². The monoisotopic (exact) mass is 367 g/mol. The SMILES string of the molecule is O=C(CNC(=O)C12CC3CC(CC(C3)C1)C2)N1CCC[C@H]1c1ccncc1. The Kier molecular flexibility index (Phi) is 4.21. The molecule has 1 atom stereocenters. The van der Waals surface area contributed by atoms with Crippen molar-refractivity contribution < 1.29 is 9.59 Å². The number of rotatable bonds is 4. The quantitative estimate of drug-likeness (QED) is 0.890. The van der Waals surface area contributed by atoms with Crippen LogP contribution in [-0.4, -0.2) is 34.8 Å². The number of nitrogens with zero attached hydrogens (tertiary/aromatic N) is 2. The third-order valence-electron chi connectivity index (χ3n) is 7.58. The topological polar surface area (TPSA) is 62.3 Å². The molecule has 5 heteroatoms. The molecule has 1 saturated heterocycles. The van der Waals surface area contributed by atoms with Crippen LogP contribution >= 0.6 is 0 Å². The van der Waals surface area contributed by atoms with Gasteiger partial charge in [0.2, 0.25) is 11.8 Å². The first kappa shape index (κ1) is 17.2. The molecule has 1 aliphatic heterocycles. The number of carbonyl (C=O) groups is 2. The number of nitrogens with one attached hydrogen (secondary N) is 1. The highest BCUT2D eigenvalue weighted by atomic mass is 16.2. The van der Waals surface area contributed by atoms with E-state index in [4.69, 9.17) is 0 Å². The summed E-state index contributed by atoms with van der Waals surface area (Å²) in [4.78, 5) is 31.9. The lowest BCUT2D eigenvalue weighted by atomic mass is 9.49. The molecular formula is C22H29N3O2. The maximum atomic E-state index is 13.1. The van der Waals surface area contributed by atoms with Crippen LogP contribution in [0.2, 0.25) is 0 Å². The van der Waals surface area contributed by atoms with Crippen molar-refractivity contribution in [2.45, 2.75) is 57.4 Å². The molecule has 2 amide bonds. The number of amides is 2. The van der Waals surface area contributed by atoms with Gasteiger partial charge >= 0.3 is 0 Å². The van der Waals surface area contributed by atoms with Gasteiger partial charge in [-0.25, -0.2) is 0 Å². The van der Waals surface area contributed by atoms with Crippen molar-refractivity contribution in [1.29, 1.82) is 0 Å². The Morgan fingerprint density at radius 3 is 2.33 bits per heavy atom. The summed E-state index contributed by atoms with van der Waals surface area (Å²) in [6, 6.07) is 4.10. The second-order valence-electron chi connectivity index (χ2n) is 9.41. The van der Waals surface area contributed by atoms with Crippen LogP contribution in [0.15, 0.2) is 24.5 Å². The van der Waals surface area contributed by atoms with Crippen LogP contribution in [0.25, 0.3) is 0 Å². The minimum Gasteiger partial charge on any atom is -0.347 e. The first-order chi connectivity index (χ1) is 13.1. The van der Waals surface area contributed by atoms with Crippen LogP contribution in [0.1, 0.15) is 63.0 Å². The van der Waals surface area contributed by atoms with Crippen molar-refractivity contribution >= 4 is 11.8 Å². The molecule has 0 spiro atoms. The second-order valence-corrected chi connectivity index (χ2v) is 9.41. The smallest absolute Gasteiger partial charge is 0.242 e. The van der Waals surface area contributed by atoms with Gasteiger partial charge < -0.3 is 10.2 Å². The Bertz CT molecular complexity index is 697. The third kappa shape index (κ3) is 3.05. The summed E-state index contributed by atoms with van der Waals surface area (Å²) in [6.45, 7) is 0.918. The van der Waals surface area contributed by atoms with E-state index in [1.807, 2.05) is 17.0 Å². The predicted octanol–water partition coefficient (Wildman–Crippen LogP) is 3.08. The van der Waals surface area contributed by atoms with Gasteiger partial charge in [0.1, 0.15) is 0 Å². The molecule has 5 nitrogen and oxygen atoms in total. The lowest BCUT2D eigenvalue weighted by molar-refractivity contribution is -0.148. The molecule has 144 valence electrons. The first-order valence-corrected chi connectivity index (χ1v) is 10.6. The molecule has 2 heterocycles. The van der Waals surface area contributed by atoms with Gasteiger partial charge in [-0.05, 0) is 86.8 Å². The number of hydrogen-bond donors (Lipinski definition) is 1. The average molecular weight is 367 g/mol. The molecule has 6 rings (SSSR count). The van der Waals surface area contributed by atoms with Crippen LogP contribution in [0.5, 0.6) is 0 Å². The molecule has 4 bridgehead atoms. The summed E-state index contributed by atoms with van der Waals surface area (Å²) in [5.74, 6) is 2.43. The number of hydrogen-bond acceptors (Lipinski definition) is 3. The summed E-state index contributed by atoms with van der Waals surface area (Å²) < 4.78 is 0. The van der Waals surface area contributed by atoms with Crippen molar-refractivity contribution in [3.63, 3.8) is 0 Å². The van der Waals surface area contributed by atoms with Gasteiger partial charge in [-0.2, -0.15) is 0 Å². The highest BCUT2D eigenvalue weighted by Crippen LogP contribution is 2.60. The van der Waals surface area contributed by atoms with E-state index in [9.17, 15) is 9.59 Å². The van der Waals surface area contributed by atoms with Crippen LogP contribution in [0.4, 0.5) is 0 Å². The minimum absolute atomic E-state index is 0.0485. The van der Waals surface area contributed by atoms with Gasteiger partial charge in [0.05, 0.1) is 12.6 Å². The Hall–Kier alpha value is -1.91. The van der Waals surface area contributed by atoms with Crippen molar-refractivity contribution in [2.75, 3.05) is 13.1 Å². The zero-order valence-electron chi connectivity index (χ0n) is 15.9. The van der Waals surface area contributed by atoms with Crippen molar-refractivity contribution in [2.24, 2.45) is 23.2 Å². The van der Waals surface area contributed by atoms with E-state index in [0.717, 1.165) is 62.0 Å². The van der Waals surface area contributed by atoms with Gasteiger partial charge in [-0.1, -0.05) is 0 Å². The molecule has 4 aliphatic carbocycles. The van der Waals surface area contributed by atoms with Crippen LogP contribution in [0.3, 0.4) is 0 Å². The molecule has 1 aromatic heterocycles. The molecular weight excluding hydrogens is 338 g/mol. The zero-order valence-corrected chi connectivity index (χ0v) is 15.9. The molecule has 0 unspecified atom stereocenters. The van der Waals surface area contributed by atoms with Gasteiger partial charge in [0, 0.05) is 24.4 Å². The average Bonchev–Trinajstić information content (AvgIpc) is 3.15. The summed E-state index contributed by atoms with van der Waals surface area (Å²) in [5, 5.41) is 3.05. The number of aromatic nitrogens is 1. The predicted molar refractivity (Wildman–Crippen MR) is 102 cm³/mol. The standard InChI is InChI=1S/C22H29N3O2/c26-20(25-7-1-2-19(25)18-3-5-23-6-4-18)14-24-21(27)22-11-15-8-16(12-22)10-17(9-15)13-22/h3-6,15-17,19H,1-2,7-14H2,(H,24,27)/t15?,16?,17?,19-,22?/m0/s1. The van der Waals surface area contributed by atoms with Crippen molar-refractivity contribution in [1.82, 2.24) is 15.2 Å². The molecule has 0 aromatic carbocycles. The molecule has 1 aromatic rings. The number of pyridine rings is 1. The molecule has 27 heavy (non-hydrogen) atoms. The van der Waals surface area contributed by atoms with Crippen LogP contribution in [0, 0.1) is 23.2 Å². The Morgan fingerprint density at radius 2 is 1.70 bits per heavy atom. The fraction of sp³-hybridized carbons (Fsp3) is 0.682. The van der Waals surface area contributed by atoms with E-state index in [2.05, 4.69) is 10.3 Å². The zero-order chi connectivity index (χ0) is 18.4. The molecule has 0 radical (unpaired) electrons. The summed E-state index contributed by atoms with van der Waals surface area (Å²) in [7, 11) is 0. The Balaban J connectivity index is 1.22. The van der Waals surface area contributed by atoms with Gasteiger partial charge in [-0.15, -0.1) is 0 Å². The maximum absolute atomic E-state index is 13.1. The molecule has 5 aliphatic rings. The van der Waals surface area contributed by atoms with E-state index in [-0.39, 0.29) is 29.8 Å². The summed E-state index contributed by atoms with van der Waals surface area (Å²) >= 11 is 0. The Morgan fingerprint density at radius 1 is 1.07 bits per heavy atom. The first-order valence-electron chi connectivity index (χ1n) is 10.6. The van der Waals surface area contributed by atoms with Crippen LogP contribution < -0.4 is 5.32 Å². The Labute approximate surface area is 160 Å². The van der Waals surface area contributed by atoms with E-state index in [0.29, 0.717) is 0 Å². The van der Waals surface area contributed by atoms with E-state index in [1.165, 1.54) is 19.3 Å². The van der Waals surface area contributed by atoms with Crippen molar-refractivity contribution in [3.8, 4) is 0 Å². The fourth-order valence-corrected chi connectivity index (χ4v) is 6.83. The summed E-state index contributed by atoms with van der Waals surface area (Å²) in [5.41, 5.74) is 0.966. The largest absolute Gasteiger partial charge is 0.347 e. The highest BCUT2D eigenvalue weighted by molar-refractivity contribution is 5.88. The van der Waals surface area contributed by atoms with Gasteiger partial charge in [0.15, 0.2) is 0 Å². The lowest BCUT2D eigenvalue weighted by Crippen LogP contribution is -2.54.